The maximum Gasteiger partial charge on any atom is 0.209 e. The molecule has 1 saturated carbocycles. The van der Waals surface area contributed by atoms with E-state index in [2.05, 4.69) is 15.2 Å². The number of carbonyl (C=O) groups is 1. The summed E-state index contributed by atoms with van der Waals surface area (Å²) in [5.74, 6) is 1.03. The van der Waals surface area contributed by atoms with Crippen LogP contribution in [0.15, 0.2) is 29.4 Å². The molecule has 1 atom stereocenters. The molecule has 0 aliphatic heterocycles. The number of thioether (sulfide) groups is 1. The van der Waals surface area contributed by atoms with Gasteiger partial charge in [0.2, 0.25) is 5.16 Å². The minimum atomic E-state index is 0.00127. The van der Waals surface area contributed by atoms with E-state index < -0.39 is 0 Å². The highest BCUT2D eigenvalue weighted by molar-refractivity contribution is 8.00. The molecule has 1 heterocycles. The number of aromatic amines is 1. The molecule has 110 valence electrons. The zero-order valence-electron chi connectivity index (χ0n) is 11.5. The number of halogens is 1. The van der Waals surface area contributed by atoms with Gasteiger partial charge in [-0.25, -0.2) is 4.98 Å². The van der Waals surface area contributed by atoms with Crippen LogP contribution in [-0.2, 0) is 4.79 Å². The summed E-state index contributed by atoms with van der Waals surface area (Å²) in [4.78, 5) is 16.5. The van der Waals surface area contributed by atoms with Crippen LogP contribution in [0.2, 0.25) is 5.02 Å². The molecule has 1 aromatic carbocycles. The highest BCUT2D eigenvalue weighted by Crippen LogP contribution is 2.30. The molecule has 0 spiro atoms. The average Bonchev–Trinajstić information content (AvgIpc) is 2.85. The standard InChI is InChI=1S/C15H16ClN3OS/c16-11-8-6-10(7-9-11)14-17-15(19-18-14)21-13-5-3-1-2-4-12(13)20/h6-9,13H,1-5H2,(H,17,18,19). The second kappa shape index (κ2) is 6.62. The molecular formula is C15H16ClN3OS. The van der Waals surface area contributed by atoms with E-state index in [4.69, 9.17) is 11.6 Å². The average molecular weight is 322 g/mol. The summed E-state index contributed by atoms with van der Waals surface area (Å²) in [5, 5.41) is 8.47. The van der Waals surface area contributed by atoms with Crippen molar-refractivity contribution in [1.82, 2.24) is 15.2 Å². The summed E-state index contributed by atoms with van der Waals surface area (Å²) >= 11 is 7.35. The van der Waals surface area contributed by atoms with Gasteiger partial charge in [-0.05, 0) is 37.1 Å². The number of hydrogen-bond donors (Lipinski definition) is 1. The van der Waals surface area contributed by atoms with E-state index in [0.29, 0.717) is 28.2 Å². The third-order valence-electron chi connectivity index (χ3n) is 3.58. The van der Waals surface area contributed by atoms with Crippen LogP contribution in [0.25, 0.3) is 11.4 Å². The lowest BCUT2D eigenvalue weighted by molar-refractivity contribution is -0.118. The Balaban J connectivity index is 1.72. The number of nitrogens with zero attached hydrogens (tertiary/aromatic N) is 2. The number of aromatic nitrogens is 3. The van der Waals surface area contributed by atoms with Crippen molar-refractivity contribution >= 4 is 29.1 Å². The monoisotopic (exact) mass is 321 g/mol. The SMILES string of the molecule is O=C1CCCCCC1Sc1n[nH]c(-c2ccc(Cl)cc2)n1. The zero-order chi connectivity index (χ0) is 14.7. The number of ketones is 1. The maximum absolute atomic E-state index is 12.0. The molecule has 0 saturated heterocycles. The quantitative estimate of drug-likeness (QED) is 0.864. The summed E-state index contributed by atoms with van der Waals surface area (Å²) in [7, 11) is 0. The molecule has 3 rings (SSSR count). The first-order valence-electron chi connectivity index (χ1n) is 7.10. The fourth-order valence-electron chi connectivity index (χ4n) is 2.42. The minimum Gasteiger partial charge on any atom is -0.298 e. The van der Waals surface area contributed by atoms with E-state index in [-0.39, 0.29) is 5.25 Å². The van der Waals surface area contributed by atoms with Gasteiger partial charge in [0.1, 0.15) is 5.78 Å². The van der Waals surface area contributed by atoms with E-state index in [9.17, 15) is 4.79 Å². The van der Waals surface area contributed by atoms with Gasteiger partial charge in [0.05, 0.1) is 5.25 Å². The summed E-state index contributed by atoms with van der Waals surface area (Å²) in [6.07, 6.45) is 4.88. The number of nitrogens with one attached hydrogen (secondary N) is 1. The number of Topliss-reactive ketones (excluding diaryl/α,β-unsaturated/α-hetero) is 1. The zero-order valence-corrected chi connectivity index (χ0v) is 13.1. The Hall–Kier alpha value is -1.33. The fraction of sp³-hybridized carbons (Fsp3) is 0.400. The second-order valence-electron chi connectivity index (χ2n) is 5.15. The smallest absolute Gasteiger partial charge is 0.209 e. The van der Waals surface area contributed by atoms with Crippen LogP contribution in [0, 0.1) is 0 Å². The van der Waals surface area contributed by atoms with Gasteiger partial charge in [0.15, 0.2) is 5.82 Å². The van der Waals surface area contributed by atoms with Crippen molar-refractivity contribution in [2.45, 2.75) is 42.5 Å². The van der Waals surface area contributed by atoms with Crippen LogP contribution in [0.1, 0.15) is 32.1 Å². The van der Waals surface area contributed by atoms with Crippen LogP contribution < -0.4 is 0 Å². The third kappa shape index (κ3) is 3.66. The Morgan fingerprint density at radius 2 is 2.00 bits per heavy atom. The number of benzene rings is 1. The van der Waals surface area contributed by atoms with E-state index in [1.54, 1.807) is 0 Å². The number of rotatable bonds is 3. The molecule has 1 aromatic heterocycles. The highest BCUT2D eigenvalue weighted by atomic mass is 35.5. The predicted molar refractivity (Wildman–Crippen MR) is 84.6 cm³/mol. The Kier molecular flexibility index (Phi) is 4.60. The van der Waals surface area contributed by atoms with Crippen LogP contribution in [0.3, 0.4) is 0 Å². The summed E-state index contributed by atoms with van der Waals surface area (Å²) < 4.78 is 0. The van der Waals surface area contributed by atoms with Gasteiger partial charge in [-0.2, -0.15) is 0 Å². The Morgan fingerprint density at radius 3 is 2.81 bits per heavy atom. The molecule has 21 heavy (non-hydrogen) atoms. The Labute approximate surface area is 132 Å². The van der Waals surface area contributed by atoms with Crippen molar-refractivity contribution in [3.63, 3.8) is 0 Å². The molecule has 4 nitrogen and oxygen atoms in total. The van der Waals surface area contributed by atoms with Crippen molar-refractivity contribution in [2.24, 2.45) is 0 Å². The van der Waals surface area contributed by atoms with Crippen LogP contribution in [0.4, 0.5) is 0 Å². The van der Waals surface area contributed by atoms with Crippen molar-refractivity contribution in [3.05, 3.63) is 29.3 Å². The predicted octanol–water partition coefficient (Wildman–Crippen LogP) is 4.12. The first kappa shape index (κ1) is 14.6. The molecular weight excluding hydrogens is 306 g/mol. The number of hydrogen-bond acceptors (Lipinski definition) is 4. The summed E-state index contributed by atoms with van der Waals surface area (Å²) in [6, 6.07) is 7.43. The minimum absolute atomic E-state index is 0.00127. The van der Waals surface area contributed by atoms with E-state index in [1.807, 2.05) is 24.3 Å². The van der Waals surface area contributed by atoms with Gasteiger partial charge in [0.25, 0.3) is 0 Å². The lowest BCUT2D eigenvalue weighted by Gasteiger charge is -2.08. The van der Waals surface area contributed by atoms with Crippen molar-refractivity contribution in [2.75, 3.05) is 0 Å². The van der Waals surface area contributed by atoms with Gasteiger partial charge in [0, 0.05) is 17.0 Å². The van der Waals surface area contributed by atoms with Gasteiger partial charge in [-0.15, -0.1) is 5.10 Å². The number of H-pyrrole nitrogens is 1. The van der Waals surface area contributed by atoms with Crippen LogP contribution >= 0.6 is 23.4 Å². The first-order chi connectivity index (χ1) is 10.2. The van der Waals surface area contributed by atoms with E-state index >= 15 is 0 Å². The molecule has 1 N–H and O–H groups in total. The summed E-state index contributed by atoms with van der Waals surface area (Å²) in [5.41, 5.74) is 0.936. The molecule has 1 fully saturated rings. The van der Waals surface area contributed by atoms with Crippen LogP contribution in [-0.4, -0.2) is 26.2 Å². The van der Waals surface area contributed by atoms with Gasteiger partial charge >= 0.3 is 0 Å². The fourth-order valence-corrected chi connectivity index (χ4v) is 3.57. The molecule has 0 radical (unpaired) electrons. The van der Waals surface area contributed by atoms with Crippen molar-refractivity contribution in [3.8, 4) is 11.4 Å². The van der Waals surface area contributed by atoms with Gasteiger partial charge in [-0.3, -0.25) is 9.89 Å². The van der Waals surface area contributed by atoms with Crippen molar-refractivity contribution < 1.29 is 4.79 Å². The largest absolute Gasteiger partial charge is 0.298 e. The summed E-state index contributed by atoms with van der Waals surface area (Å²) in [6.45, 7) is 0. The first-order valence-corrected chi connectivity index (χ1v) is 8.36. The lowest BCUT2D eigenvalue weighted by atomic mass is 10.2. The van der Waals surface area contributed by atoms with E-state index in [1.165, 1.54) is 11.8 Å². The molecule has 6 heteroatoms. The normalized spacial score (nSPS) is 19.5. The molecule has 0 bridgehead atoms. The number of carbonyl (C=O) groups excluding carboxylic acids is 1. The van der Waals surface area contributed by atoms with Crippen LogP contribution in [0.5, 0.6) is 0 Å². The topological polar surface area (TPSA) is 58.6 Å². The lowest BCUT2D eigenvalue weighted by Crippen LogP contribution is -2.14. The van der Waals surface area contributed by atoms with Gasteiger partial charge < -0.3 is 0 Å². The maximum atomic E-state index is 12.0. The molecule has 0 amide bonds. The van der Waals surface area contributed by atoms with Gasteiger partial charge in [-0.1, -0.05) is 36.2 Å². The highest BCUT2D eigenvalue weighted by Gasteiger charge is 2.23. The van der Waals surface area contributed by atoms with E-state index in [0.717, 1.165) is 31.2 Å². The molecule has 1 aliphatic carbocycles. The molecule has 1 unspecified atom stereocenters. The second-order valence-corrected chi connectivity index (χ2v) is 6.75. The molecule has 1 aliphatic rings. The van der Waals surface area contributed by atoms with Crippen molar-refractivity contribution in [1.29, 1.82) is 0 Å². The third-order valence-corrected chi connectivity index (χ3v) is 5.01. The molecule has 2 aromatic rings. The Morgan fingerprint density at radius 1 is 1.19 bits per heavy atom. The Bertz CT molecular complexity index is 626.